The third kappa shape index (κ3) is 3.00. The summed E-state index contributed by atoms with van der Waals surface area (Å²) in [6.07, 6.45) is 2.32. The van der Waals surface area contributed by atoms with Crippen molar-refractivity contribution < 1.29 is 18.3 Å². The zero-order valence-electron chi connectivity index (χ0n) is 17.5. The topological polar surface area (TPSA) is 21.7 Å². The number of rotatable bonds is 8. The second kappa shape index (κ2) is 7.32. The maximum absolute atomic E-state index is 13.3. The van der Waals surface area contributed by atoms with Crippen LogP contribution < -0.4 is 4.74 Å². The molecule has 1 aromatic carbocycles. The molecule has 0 bridgehead atoms. The molecule has 2 fully saturated rings. The van der Waals surface area contributed by atoms with Gasteiger partial charge in [-0.05, 0) is 67.3 Å². The number of hydrogen-bond donors (Lipinski definition) is 0. The Hall–Kier alpha value is -1.07. The SMILES string of the molecule is BC(B)(Oc1ccc2c(c1)[C@@]13CCC1C[C@@H]3[C@@H](N(CC)CCOC)C2)C(F)F. The van der Waals surface area contributed by atoms with Crippen LogP contribution in [0.5, 0.6) is 5.75 Å². The molecule has 2 saturated carbocycles. The van der Waals surface area contributed by atoms with Crippen LogP contribution in [0.15, 0.2) is 18.2 Å². The van der Waals surface area contributed by atoms with Crippen molar-refractivity contribution in [2.75, 3.05) is 26.8 Å². The third-order valence-corrected chi connectivity index (χ3v) is 7.68. The summed E-state index contributed by atoms with van der Waals surface area (Å²) in [5.74, 6) is 1.99. The molecule has 28 heavy (non-hydrogen) atoms. The summed E-state index contributed by atoms with van der Waals surface area (Å²) >= 11 is 0. The van der Waals surface area contributed by atoms with Gasteiger partial charge in [0.15, 0.2) is 15.7 Å². The van der Waals surface area contributed by atoms with E-state index < -0.39 is 11.8 Å². The van der Waals surface area contributed by atoms with E-state index in [-0.39, 0.29) is 5.41 Å². The van der Waals surface area contributed by atoms with Crippen molar-refractivity contribution in [3.8, 4) is 5.75 Å². The molecule has 0 N–H and O–H groups in total. The van der Waals surface area contributed by atoms with Gasteiger partial charge in [-0.2, -0.15) is 0 Å². The summed E-state index contributed by atoms with van der Waals surface area (Å²) in [5, 5.41) is -1.47. The molecule has 4 rings (SSSR count). The van der Waals surface area contributed by atoms with Gasteiger partial charge in [0, 0.05) is 25.1 Å². The molecule has 152 valence electrons. The fraction of sp³-hybridized carbons (Fsp3) is 0.714. The van der Waals surface area contributed by atoms with Crippen LogP contribution in [-0.2, 0) is 16.6 Å². The zero-order valence-corrected chi connectivity index (χ0v) is 17.5. The van der Waals surface area contributed by atoms with Crippen LogP contribution in [0.1, 0.15) is 37.3 Å². The van der Waals surface area contributed by atoms with Crippen molar-refractivity contribution >= 4 is 15.7 Å². The molecule has 0 heterocycles. The lowest BCUT2D eigenvalue weighted by molar-refractivity contribution is -0.119. The highest BCUT2D eigenvalue weighted by molar-refractivity contribution is 6.39. The number of hydrogen-bond acceptors (Lipinski definition) is 3. The molecule has 4 atom stereocenters. The number of alkyl halides is 2. The van der Waals surface area contributed by atoms with E-state index in [2.05, 4.69) is 24.0 Å². The van der Waals surface area contributed by atoms with Crippen LogP contribution in [0.25, 0.3) is 0 Å². The first-order valence-corrected chi connectivity index (χ1v) is 10.7. The minimum atomic E-state index is -2.52. The van der Waals surface area contributed by atoms with Crippen LogP contribution in [0, 0.1) is 11.8 Å². The molecule has 1 aromatic rings. The van der Waals surface area contributed by atoms with Gasteiger partial charge < -0.3 is 9.47 Å². The highest BCUT2D eigenvalue weighted by Gasteiger charge is 2.65. The van der Waals surface area contributed by atoms with Crippen LogP contribution >= 0.6 is 0 Å². The van der Waals surface area contributed by atoms with Gasteiger partial charge >= 0.3 is 0 Å². The summed E-state index contributed by atoms with van der Waals surface area (Å²) in [7, 11) is 4.68. The van der Waals surface area contributed by atoms with Crippen LogP contribution in [0.2, 0.25) is 0 Å². The molecule has 3 nitrogen and oxygen atoms in total. The maximum Gasteiger partial charge on any atom is 0.261 e. The predicted molar refractivity (Wildman–Crippen MR) is 112 cm³/mol. The Labute approximate surface area is 169 Å². The number of halogens is 2. The first-order valence-electron chi connectivity index (χ1n) is 10.7. The molecule has 7 heteroatoms. The van der Waals surface area contributed by atoms with E-state index in [4.69, 9.17) is 9.47 Å². The number of likely N-dealkylation sites (N-methyl/N-ethyl adjacent to an activating group) is 1. The number of fused-ring (bicyclic) bond motifs is 1. The van der Waals surface area contributed by atoms with E-state index in [0.717, 1.165) is 32.0 Å². The lowest BCUT2D eigenvalue weighted by Crippen LogP contribution is -2.68. The van der Waals surface area contributed by atoms with Crippen LogP contribution in [0.3, 0.4) is 0 Å². The normalized spacial score (nSPS) is 30.9. The van der Waals surface area contributed by atoms with Gasteiger partial charge in [-0.1, -0.05) is 13.0 Å². The molecule has 3 aliphatic rings. The summed E-state index contributed by atoms with van der Waals surface area (Å²) in [4.78, 5) is 2.58. The number of benzene rings is 1. The minimum absolute atomic E-state index is 0.243. The van der Waals surface area contributed by atoms with Crippen LogP contribution in [-0.4, -0.2) is 65.3 Å². The van der Waals surface area contributed by atoms with Gasteiger partial charge in [0.1, 0.15) is 5.75 Å². The van der Waals surface area contributed by atoms with Crippen molar-refractivity contribution in [1.82, 2.24) is 4.90 Å². The van der Waals surface area contributed by atoms with Crippen LogP contribution in [0.4, 0.5) is 8.78 Å². The number of methoxy groups -OCH3 is 1. The Balaban J connectivity index is 1.64. The van der Waals surface area contributed by atoms with E-state index >= 15 is 0 Å². The molecule has 1 spiro atoms. The average molecular weight is 389 g/mol. The second-order valence-electron chi connectivity index (χ2n) is 9.34. The largest absolute Gasteiger partial charge is 0.500 e. The smallest absolute Gasteiger partial charge is 0.261 e. The summed E-state index contributed by atoms with van der Waals surface area (Å²) < 4.78 is 37.6. The Morgan fingerprint density at radius 1 is 1.36 bits per heavy atom. The van der Waals surface area contributed by atoms with Gasteiger partial charge in [0.25, 0.3) is 6.43 Å². The fourth-order valence-electron chi connectivity index (χ4n) is 5.98. The molecule has 1 unspecified atom stereocenters. The molecule has 0 saturated heterocycles. The molecule has 0 aromatic heterocycles. The Kier molecular flexibility index (Phi) is 5.28. The quantitative estimate of drug-likeness (QED) is 0.634. The zero-order chi connectivity index (χ0) is 20.1. The molecular weight excluding hydrogens is 358 g/mol. The number of ether oxygens (including phenoxy) is 2. The lowest BCUT2D eigenvalue weighted by atomic mass is 9.36. The van der Waals surface area contributed by atoms with Crippen molar-refractivity contribution in [3.63, 3.8) is 0 Å². The summed E-state index contributed by atoms with van der Waals surface area (Å²) in [6.45, 7) is 4.99. The van der Waals surface area contributed by atoms with Crippen molar-refractivity contribution in [2.45, 2.75) is 55.9 Å². The first-order chi connectivity index (χ1) is 13.3. The Bertz CT molecular complexity index is 732. The standard InChI is InChI=1S/C21H31B2F2NO2/c1-3-26(8-9-27-2)18-10-13-4-5-15(28-21(22,23)19(24)25)12-16(13)20-7-6-14(20)11-17(18)20/h4-5,12,14,17-19H,3,6-11,22-23H2,1-2H3/t14?,17-,18+,20-/m1/s1. The summed E-state index contributed by atoms with van der Waals surface area (Å²) in [5.41, 5.74) is 3.00. The van der Waals surface area contributed by atoms with Crippen molar-refractivity contribution in [2.24, 2.45) is 11.8 Å². The van der Waals surface area contributed by atoms with Gasteiger partial charge in [-0.15, -0.1) is 0 Å². The average Bonchev–Trinajstić information content (AvgIpc) is 2.65. The highest BCUT2D eigenvalue weighted by Crippen LogP contribution is 2.69. The third-order valence-electron chi connectivity index (χ3n) is 7.68. The van der Waals surface area contributed by atoms with E-state index in [9.17, 15) is 8.78 Å². The molecule has 0 amide bonds. The molecule has 3 aliphatic carbocycles. The van der Waals surface area contributed by atoms with Gasteiger partial charge in [-0.3, -0.25) is 4.90 Å². The maximum atomic E-state index is 13.3. The van der Waals surface area contributed by atoms with Gasteiger partial charge in [0.05, 0.1) is 12.0 Å². The van der Waals surface area contributed by atoms with E-state index in [1.165, 1.54) is 46.1 Å². The summed E-state index contributed by atoms with van der Waals surface area (Å²) in [6, 6.07) is 6.64. The lowest BCUT2D eigenvalue weighted by Gasteiger charge is -2.69. The van der Waals surface area contributed by atoms with Gasteiger partial charge in [-0.25, -0.2) is 8.78 Å². The molecule has 0 radical (unpaired) electrons. The first kappa shape index (κ1) is 20.2. The predicted octanol–water partition coefficient (Wildman–Crippen LogP) is 1.81. The van der Waals surface area contributed by atoms with Crippen molar-refractivity contribution in [3.05, 3.63) is 29.3 Å². The van der Waals surface area contributed by atoms with E-state index in [1.807, 2.05) is 6.07 Å². The van der Waals surface area contributed by atoms with Gasteiger partial charge in [0.2, 0.25) is 0 Å². The number of nitrogens with zero attached hydrogens (tertiary/aromatic N) is 1. The molecular formula is C21H31B2F2NO2. The Morgan fingerprint density at radius 3 is 2.71 bits per heavy atom. The highest BCUT2D eigenvalue weighted by atomic mass is 19.3. The fourth-order valence-corrected chi connectivity index (χ4v) is 5.98. The molecule has 0 aliphatic heterocycles. The second-order valence-corrected chi connectivity index (χ2v) is 9.34. The minimum Gasteiger partial charge on any atom is -0.500 e. The van der Waals surface area contributed by atoms with E-state index in [0.29, 0.717) is 17.7 Å². The van der Waals surface area contributed by atoms with E-state index in [1.54, 1.807) is 7.11 Å². The van der Waals surface area contributed by atoms with Crippen molar-refractivity contribution in [1.29, 1.82) is 0 Å². The monoisotopic (exact) mass is 389 g/mol. The Morgan fingerprint density at radius 2 is 2.14 bits per heavy atom.